The van der Waals surface area contributed by atoms with E-state index < -0.39 is 12.4 Å². The zero-order valence-electron chi connectivity index (χ0n) is 12.6. The molecule has 128 valence electrons. The first-order chi connectivity index (χ1) is 11.4. The normalized spacial score (nSPS) is 14.4. The summed E-state index contributed by atoms with van der Waals surface area (Å²) < 4.78 is 56.3. The van der Waals surface area contributed by atoms with Gasteiger partial charge in [0.25, 0.3) is 0 Å². The highest BCUT2D eigenvalue weighted by molar-refractivity contribution is 5.56. The van der Waals surface area contributed by atoms with Crippen LogP contribution in [0.3, 0.4) is 0 Å². The van der Waals surface area contributed by atoms with Crippen LogP contribution in [0, 0.1) is 0 Å². The van der Waals surface area contributed by atoms with Crippen LogP contribution in [0.4, 0.5) is 13.2 Å². The molecule has 0 spiro atoms. The SMILES string of the molecule is COc1cc([C@@H](N)c2ccc(OC(F)(F)F)cc2)cc2c1OCO2. The van der Waals surface area contributed by atoms with E-state index in [1.807, 2.05) is 0 Å². The van der Waals surface area contributed by atoms with Gasteiger partial charge in [-0.1, -0.05) is 12.1 Å². The minimum atomic E-state index is -4.73. The third kappa shape index (κ3) is 3.33. The Morgan fingerprint density at radius 3 is 2.42 bits per heavy atom. The van der Waals surface area contributed by atoms with E-state index in [1.54, 1.807) is 12.1 Å². The topological polar surface area (TPSA) is 62.9 Å². The molecule has 0 aliphatic carbocycles. The molecule has 1 heterocycles. The van der Waals surface area contributed by atoms with Crippen molar-refractivity contribution in [1.82, 2.24) is 0 Å². The summed E-state index contributed by atoms with van der Waals surface area (Å²) in [7, 11) is 1.50. The van der Waals surface area contributed by atoms with Crippen LogP contribution in [0.15, 0.2) is 36.4 Å². The molecule has 1 aliphatic heterocycles. The maximum absolute atomic E-state index is 12.2. The number of rotatable bonds is 4. The molecule has 0 bridgehead atoms. The lowest BCUT2D eigenvalue weighted by atomic mass is 9.99. The minimum absolute atomic E-state index is 0.0911. The largest absolute Gasteiger partial charge is 0.573 e. The lowest BCUT2D eigenvalue weighted by Gasteiger charge is -2.16. The highest BCUT2D eigenvalue weighted by atomic mass is 19.4. The van der Waals surface area contributed by atoms with Gasteiger partial charge in [-0.2, -0.15) is 0 Å². The highest BCUT2D eigenvalue weighted by Gasteiger charge is 2.31. The molecule has 0 radical (unpaired) electrons. The number of benzene rings is 2. The van der Waals surface area contributed by atoms with Crippen molar-refractivity contribution >= 4 is 0 Å². The van der Waals surface area contributed by atoms with Crippen LogP contribution >= 0.6 is 0 Å². The van der Waals surface area contributed by atoms with Gasteiger partial charge in [-0.3, -0.25) is 0 Å². The Morgan fingerprint density at radius 2 is 1.79 bits per heavy atom. The summed E-state index contributed by atoms with van der Waals surface area (Å²) >= 11 is 0. The number of alkyl halides is 3. The quantitative estimate of drug-likeness (QED) is 0.924. The molecule has 2 N–H and O–H groups in total. The van der Waals surface area contributed by atoms with Gasteiger partial charge < -0.3 is 24.7 Å². The molecule has 0 saturated carbocycles. The van der Waals surface area contributed by atoms with Gasteiger partial charge in [0, 0.05) is 0 Å². The van der Waals surface area contributed by atoms with Crippen molar-refractivity contribution in [2.75, 3.05) is 13.9 Å². The molecule has 1 atom stereocenters. The summed E-state index contributed by atoms with van der Waals surface area (Å²) in [5.41, 5.74) is 7.49. The molecule has 0 saturated heterocycles. The Bertz CT molecular complexity index is 731. The molecule has 8 heteroatoms. The Labute approximate surface area is 135 Å². The molecule has 5 nitrogen and oxygen atoms in total. The van der Waals surface area contributed by atoms with Gasteiger partial charge in [0.1, 0.15) is 5.75 Å². The molecule has 0 fully saturated rings. The lowest BCUT2D eigenvalue weighted by molar-refractivity contribution is -0.274. The molecule has 2 aromatic carbocycles. The second-order valence-electron chi connectivity index (χ2n) is 5.05. The van der Waals surface area contributed by atoms with Crippen molar-refractivity contribution < 1.29 is 32.1 Å². The first-order valence-corrected chi connectivity index (χ1v) is 6.96. The Hall–Kier alpha value is -2.61. The van der Waals surface area contributed by atoms with Crippen molar-refractivity contribution in [3.05, 3.63) is 47.5 Å². The lowest BCUT2D eigenvalue weighted by Crippen LogP contribution is -2.17. The molecule has 0 aromatic heterocycles. The van der Waals surface area contributed by atoms with Gasteiger partial charge in [-0.05, 0) is 35.4 Å². The third-order valence-electron chi connectivity index (χ3n) is 3.51. The third-order valence-corrected chi connectivity index (χ3v) is 3.51. The Morgan fingerprint density at radius 1 is 1.08 bits per heavy atom. The average Bonchev–Trinajstić information content (AvgIpc) is 3.01. The van der Waals surface area contributed by atoms with Crippen LogP contribution in [0.1, 0.15) is 17.2 Å². The van der Waals surface area contributed by atoms with Crippen LogP contribution in [0.2, 0.25) is 0 Å². The summed E-state index contributed by atoms with van der Waals surface area (Å²) in [5, 5.41) is 0. The number of halogens is 3. The van der Waals surface area contributed by atoms with Crippen molar-refractivity contribution in [3.8, 4) is 23.0 Å². The van der Waals surface area contributed by atoms with Gasteiger partial charge in [-0.15, -0.1) is 13.2 Å². The van der Waals surface area contributed by atoms with Crippen LogP contribution in [-0.2, 0) is 0 Å². The molecule has 0 amide bonds. The Kier molecular flexibility index (Phi) is 4.15. The van der Waals surface area contributed by atoms with Crippen molar-refractivity contribution in [3.63, 3.8) is 0 Å². The summed E-state index contributed by atoms with van der Waals surface area (Å²) in [4.78, 5) is 0. The molecule has 0 unspecified atom stereocenters. The average molecular weight is 341 g/mol. The monoisotopic (exact) mass is 341 g/mol. The van der Waals surface area contributed by atoms with Crippen LogP contribution in [0.5, 0.6) is 23.0 Å². The van der Waals surface area contributed by atoms with Crippen molar-refractivity contribution in [1.29, 1.82) is 0 Å². The van der Waals surface area contributed by atoms with E-state index >= 15 is 0 Å². The van der Waals surface area contributed by atoms with Crippen molar-refractivity contribution in [2.45, 2.75) is 12.4 Å². The predicted octanol–water partition coefficient (Wildman–Crippen LogP) is 3.37. The number of fused-ring (bicyclic) bond motifs is 1. The molecule has 3 rings (SSSR count). The standard InChI is InChI=1S/C16H14F3NO4/c1-21-12-6-10(7-13-15(12)23-8-22-13)14(20)9-2-4-11(5-3-9)24-16(17,18)19/h2-7,14H,8,20H2,1H3/t14-/m0/s1. The molecule has 24 heavy (non-hydrogen) atoms. The summed E-state index contributed by atoms with van der Waals surface area (Å²) in [6.07, 6.45) is -4.73. The molecule has 2 aromatic rings. The van der Waals surface area contributed by atoms with Gasteiger partial charge in [0.15, 0.2) is 11.5 Å². The fourth-order valence-corrected chi connectivity index (χ4v) is 2.40. The van der Waals surface area contributed by atoms with Gasteiger partial charge in [0.05, 0.1) is 13.2 Å². The maximum atomic E-state index is 12.2. The smallest absolute Gasteiger partial charge is 0.493 e. The van der Waals surface area contributed by atoms with Crippen molar-refractivity contribution in [2.24, 2.45) is 5.73 Å². The predicted molar refractivity (Wildman–Crippen MR) is 78.3 cm³/mol. The Balaban J connectivity index is 1.85. The molecular formula is C16H14F3NO4. The molecule has 1 aliphatic rings. The highest BCUT2D eigenvalue weighted by Crippen LogP contribution is 2.43. The van der Waals surface area contributed by atoms with Crippen LogP contribution in [-0.4, -0.2) is 20.3 Å². The minimum Gasteiger partial charge on any atom is -0.493 e. The maximum Gasteiger partial charge on any atom is 0.573 e. The second-order valence-corrected chi connectivity index (χ2v) is 5.05. The first-order valence-electron chi connectivity index (χ1n) is 6.96. The number of nitrogens with two attached hydrogens (primary N) is 1. The fourth-order valence-electron chi connectivity index (χ4n) is 2.40. The zero-order chi connectivity index (χ0) is 17.3. The van der Waals surface area contributed by atoms with Gasteiger partial charge >= 0.3 is 6.36 Å². The number of hydrogen-bond donors (Lipinski definition) is 1. The summed E-state index contributed by atoms with van der Waals surface area (Å²) in [5.74, 6) is 1.19. The first kappa shape index (κ1) is 16.3. The van der Waals surface area contributed by atoms with E-state index in [0.29, 0.717) is 28.4 Å². The van der Waals surface area contributed by atoms with Gasteiger partial charge in [0.2, 0.25) is 12.5 Å². The summed E-state index contributed by atoms with van der Waals surface area (Å²) in [6.45, 7) is 0.0911. The second kappa shape index (κ2) is 6.12. The zero-order valence-corrected chi connectivity index (χ0v) is 12.6. The van der Waals surface area contributed by atoms with Crippen LogP contribution < -0.4 is 24.7 Å². The number of methoxy groups -OCH3 is 1. The molecular weight excluding hydrogens is 327 g/mol. The van der Waals surface area contributed by atoms with Gasteiger partial charge in [-0.25, -0.2) is 0 Å². The van der Waals surface area contributed by atoms with E-state index in [1.165, 1.54) is 31.4 Å². The van der Waals surface area contributed by atoms with E-state index in [0.717, 1.165) is 0 Å². The van der Waals surface area contributed by atoms with Crippen LogP contribution in [0.25, 0.3) is 0 Å². The number of ether oxygens (including phenoxy) is 4. The summed E-state index contributed by atoms with van der Waals surface area (Å²) in [6, 6.07) is 8.23. The van der Waals surface area contributed by atoms with E-state index in [4.69, 9.17) is 19.9 Å². The van der Waals surface area contributed by atoms with E-state index in [9.17, 15) is 13.2 Å². The van der Waals surface area contributed by atoms with E-state index in [2.05, 4.69) is 4.74 Å². The van der Waals surface area contributed by atoms with E-state index in [-0.39, 0.29) is 12.5 Å². The fraction of sp³-hybridized carbons (Fsp3) is 0.250. The number of hydrogen-bond acceptors (Lipinski definition) is 5.